The molecule has 1 atom stereocenters. The van der Waals surface area contributed by atoms with Gasteiger partial charge in [-0.25, -0.2) is 15.0 Å². The number of nitrogens with one attached hydrogen (secondary N) is 1. The van der Waals surface area contributed by atoms with Gasteiger partial charge in [0.2, 0.25) is 11.8 Å². The fraction of sp³-hybridized carbons (Fsp3) is 0.227. The molecule has 1 aliphatic heterocycles. The molecule has 4 heterocycles. The second kappa shape index (κ2) is 7.67. The first-order valence-electron chi connectivity index (χ1n) is 9.99. The Morgan fingerprint density at radius 3 is 3.06 bits per heavy atom. The van der Waals surface area contributed by atoms with Crippen molar-refractivity contribution >= 4 is 39.2 Å². The summed E-state index contributed by atoms with van der Waals surface area (Å²) in [4.78, 5) is 26.7. The topological polar surface area (TPSA) is 98.1 Å². The predicted molar refractivity (Wildman–Crippen MR) is 117 cm³/mol. The van der Waals surface area contributed by atoms with Gasteiger partial charge in [0.1, 0.15) is 18.2 Å². The summed E-state index contributed by atoms with van der Waals surface area (Å²) in [5, 5.41) is 9.58. The van der Waals surface area contributed by atoms with Gasteiger partial charge in [0.15, 0.2) is 0 Å². The molecule has 1 amide bonds. The van der Waals surface area contributed by atoms with E-state index in [9.17, 15) is 4.79 Å². The lowest BCUT2D eigenvalue weighted by Gasteiger charge is -2.16. The van der Waals surface area contributed by atoms with Gasteiger partial charge in [-0.15, -0.1) is 0 Å². The number of carbonyl (C=O) groups is 1. The van der Waals surface area contributed by atoms with Crippen molar-refractivity contribution in [3.63, 3.8) is 0 Å². The number of rotatable bonds is 5. The summed E-state index contributed by atoms with van der Waals surface area (Å²) in [5.74, 6) is 1.05. The standard InChI is InChI=1S/C22H21N7O2/c1-3-20(30)29-8-7-15(12-29)31-19-9-16-18(11-23-19)24-13-25-22(16)27-17-6-4-5-14-10-26-28(2)21(14)17/h3-6,9-11,13,15H,1,7-8,12H2,2H3,(H,24,25,27). The Morgan fingerprint density at radius 2 is 2.19 bits per heavy atom. The van der Waals surface area contributed by atoms with Crippen LogP contribution in [0.25, 0.3) is 21.8 Å². The van der Waals surface area contributed by atoms with Crippen molar-refractivity contribution in [2.24, 2.45) is 7.05 Å². The van der Waals surface area contributed by atoms with Gasteiger partial charge in [-0.3, -0.25) is 9.48 Å². The van der Waals surface area contributed by atoms with E-state index in [4.69, 9.17) is 4.74 Å². The van der Waals surface area contributed by atoms with E-state index in [1.807, 2.05) is 42.2 Å². The number of hydrogen-bond donors (Lipinski definition) is 1. The molecule has 1 saturated heterocycles. The maximum atomic E-state index is 11.8. The van der Waals surface area contributed by atoms with Gasteiger partial charge in [0, 0.05) is 36.9 Å². The summed E-state index contributed by atoms with van der Waals surface area (Å²) in [7, 11) is 1.91. The molecule has 0 saturated carbocycles. The average Bonchev–Trinajstić information content (AvgIpc) is 3.41. The van der Waals surface area contributed by atoms with Crippen LogP contribution >= 0.6 is 0 Å². The molecule has 31 heavy (non-hydrogen) atoms. The third-order valence-corrected chi connectivity index (χ3v) is 5.43. The van der Waals surface area contributed by atoms with Crippen LogP contribution in [0.3, 0.4) is 0 Å². The van der Waals surface area contributed by atoms with Crippen molar-refractivity contribution < 1.29 is 9.53 Å². The number of para-hydroxylation sites is 1. The third-order valence-electron chi connectivity index (χ3n) is 5.43. The van der Waals surface area contributed by atoms with Crippen molar-refractivity contribution in [3.8, 4) is 5.88 Å². The van der Waals surface area contributed by atoms with E-state index in [0.29, 0.717) is 30.3 Å². The fourth-order valence-corrected chi connectivity index (χ4v) is 3.89. The van der Waals surface area contributed by atoms with Crippen LogP contribution in [0, 0.1) is 0 Å². The number of hydrogen-bond acceptors (Lipinski definition) is 7. The predicted octanol–water partition coefficient (Wildman–Crippen LogP) is 2.82. The zero-order valence-electron chi connectivity index (χ0n) is 17.0. The Balaban J connectivity index is 1.44. The first-order chi connectivity index (χ1) is 15.1. The molecule has 0 radical (unpaired) electrons. The van der Waals surface area contributed by atoms with Crippen molar-refractivity contribution in [2.75, 3.05) is 18.4 Å². The molecule has 1 aromatic carbocycles. The van der Waals surface area contributed by atoms with E-state index < -0.39 is 0 Å². The van der Waals surface area contributed by atoms with Crippen LogP contribution in [-0.4, -0.2) is 54.7 Å². The van der Waals surface area contributed by atoms with E-state index in [2.05, 4.69) is 31.9 Å². The second-order valence-electron chi connectivity index (χ2n) is 7.42. The Hall–Kier alpha value is -4.01. The highest BCUT2D eigenvalue weighted by Gasteiger charge is 2.26. The Bertz CT molecular complexity index is 1300. The first-order valence-corrected chi connectivity index (χ1v) is 9.99. The monoisotopic (exact) mass is 415 g/mol. The van der Waals surface area contributed by atoms with Crippen molar-refractivity contribution in [1.29, 1.82) is 0 Å². The molecular formula is C22H21N7O2. The smallest absolute Gasteiger partial charge is 0.246 e. The van der Waals surface area contributed by atoms with Crippen LogP contribution in [0.5, 0.6) is 5.88 Å². The molecule has 1 fully saturated rings. The van der Waals surface area contributed by atoms with Crippen LogP contribution in [-0.2, 0) is 11.8 Å². The van der Waals surface area contributed by atoms with Crippen LogP contribution in [0.4, 0.5) is 11.5 Å². The lowest BCUT2D eigenvalue weighted by molar-refractivity contribution is -0.125. The van der Waals surface area contributed by atoms with Gasteiger partial charge in [-0.05, 0) is 12.1 Å². The maximum absolute atomic E-state index is 11.8. The number of fused-ring (bicyclic) bond motifs is 2. The molecule has 9 nitrogen and oxygen atoms in total. The van der Waals surface area contributed by atoms with Crippen molar-refractivity contribution in [3.05, 3.63) is 55.6 Å². The lowest BCUT2D eigenvalue weighted by Crippen LogP contribution is -2.29. The van der Waals surface area contributed by atoms with Gasteiger partial charge >= 0.3 is 0 Å². The first kappa shape index (κ1) is 19.0. The number of anilines is 2. The van der Waals surface area contributed by atoms with Gasteiger partial charge in [0.05, 0.1) is 35.7 Å². The van der Waals surface area contributed by atoms with E-state index in [1.165, 1.54) is 12.4 Å². The van der Waals surface area contributed by atoms with Gasteiger partial charge in [0.25, 0.3) is 0 Å². The number of nitrogens with zero attached hydrogens (tertiary/aromatic N) is 6. The molecule has 0 bridgehead atoms. The van der Waals surface area contributed by atoms with E-state index in [0.717, 1.165) is 28.4 Å². The number of pyridine rings is 1. The summed E-state index contributed by atoms with van der Waals surface area (Å²) in [6, 6.07) is 7.81. The number of likely N-dealkylation sites (tertiary alicyclic amines) is 1. The summed E-state index contributed by atoms with van der Waals surface area (Å²) in [5.41, 5.74) is 2.58. The van der Waals surface area contributed by atoms with Crippen LogP contribution in [0.1, 0.15) is 6.42 Å². The summed E-state index contributed by atoms with van der Waals surface area (Å²) < 4.78 is 7.88. The Morgan fingerprint density at radius 1 is 1.29 bits per heavy atom. The number of ether oxygens (including phenoxy) is 1. The highest BCUT2D eigenvalue weighted by Crippen LogP contribution is 2.30. The molecule has 1 aliphatic rings. The quantitative estimate of drug-likeness (QED) is 0.501. The number of aromatic nitrogens is 5. The lowest BCUT2D eigenvalue weighted by atomic mass is 10.2. The minimum absolute atomic E-state index is 0.0817. The minimum atomic E-state index is -0.113. The molecule has 4 aromatic rings. The average molecular weight is 415 g/mol. The van der Waals surface area contributed by atoms with Gasteiger partial charge in [-0.1, -0.05) is 18.7 Å². The van der Waals surface area contributed by atoms with E-state index in [-0.39, 0.29) is 12.0 Å². The molecule has 3 aromatic heterocycles. The number of benzene rings is 1. The van der Waals surface area contributed by atoms with Crippen LogP contribution < -0.4 is 10.1 Å². The number of amides is 1. The fourth-order valence-electron chi connectivity index (χ4n) is 3.89. The molecule has 156 valence electrons. The van der Waals surface area contributed by atoms with E-state index >= 15 is 0 Å². The minimum Gasteiger partial charge on any atom is -0.472 e. The number of carbonyl (C=O) groups excluding carboxylic acids is 1. The van der Waals surface area contributed by atoms with Crippen molar-refractivity contribution in [1.82, 2.24) is 29.6 Å². The van der Waals surface area contributed by atoms with E-state index in [1.54, 1.807) is 11.1 Å². The highest BCUT2D eigenvalue weighted by atomic mass is 16.5. The van der Waals surface area contributed by atoms with Gasteiger partial charge in [-0.2, -0.15) is 5.10 Å². The molecule has 5 rings (SSSR count). The molecule has 0 aliphatic carbocycles. The molecule has 9 heteroatoms. The van der Waals surface area contributed by atoms with Crippen molar-refractivity contribution in [2.45, 2.75) is 12.5 Å². The Kier molecular flexibility index (Phi) is 4.70. The molecule has 0 spiro atoms. The van der Waals surface area contributed by atoms with Crippen LogP contribution in [0.15, 0.2) is 55.6 Å². The zero-order valence-corrected chi connectivity index (χ0v) is 17.0. The third kappa shape index (κ3) is 3.54. The summed E-state index contributed by atoms with van der Waals surface area (Å²) >= 11 is 0. The zero-order chi connectivity index (χ0) is 21.4. The van der Waals surface area contributed by atoms with Crippen LogP contribution in [0.2, 0.25) is 0 Å². The molecule has 1 unspecified atom stereocenters. The Labute approximate surface area is 178 Å². The largest absolute Gasteiger partial charge is 0.472 e. The normalized spacial score (nSPS) is 16.0. The van der Waals surface area contributed by atoms with Gasteiger partial charge < -0.3 is 15.0 Å². The molecule has 1 N–H and O–H groups in total. The maximum Gasteiger partial charge on any atom is 0.246 e. The molecular weight excluding hydrogens is 394 g/mol. The summed E-state index contributed by atoms with van der Waals surface area (Å²) in [6.45, 7) is 4.71. The SMILES string of the molecule is C=CC(=O)N1CCC(Oc2cc3c(Nc4cccc5cnn(C)c45)ncnc3cn2)C1. The highest BCUT2D eigenvalue weighted by molar-refractivity contribution is 5.96. The second-order valence-corrected chi connectivity index (χ2v) is 7.42. The summed E-state index contributed by atoms with van der Waals surface area (Å²) in [6.07, 6.45) is 6.97. The number of aryl methyl sites for hydroxylation is 1.